The van der Waals surface area contributed by atoms with Gasteiger partial charge in [-0.2, -0.15) is 5.10 Å². The van der Waals surface area contributed by atoms with E-state index in [9.17, 15) is 0 Å². The lowest BCUT2D eigenvalue weighted by Crippen LogP contribution is -1.95. The van der Waals surface area contributed by atoms with E-state index in [0.29, 0.717) is 6.61 Å². The SMILES string of the molecule is Cc1ccc(N/N=C/c2ccc(OCc3ccccc3)cc2)cc1Cl. The molecule has 3 aromatic rings. The molecule has 0 spiro atoms. The lowest BCUT2D eigenvalue weighted by atomic mass is 10.2. The number of hydrazone groups is 1. The first-order valence-corrected chi connectivity index (χ1v) is 8.40. The molecule has 0 amide bonds. The highest BCUT2D eigenvalue weighted by Crippen LogP contribution is 2.20. The van der Waals surface area contributed by atoms with Crippen LogP contribution in [0.1, 0.15) is 16.7 Å². The molecule has 0 aliphatic rings. The van der Waals surface area contributed by atoms with Gasteiger partial charge in [0.1, 0.15) is 12.4 Å². The molecule has 3 nitrogen and oxygen atoms in total. The van der Waals surface area contributed by atoms with E-state index >= 15 is 0 Å². The van der Waals surface area contributed by atoms with Gasteiger partial charge in [-0.3, -0.25) is 5.43 Å². The number of halogens is 1. The zero-order valence-corrected chi connectivity index (χ0v) is 14.7. The second-order valence-electron chi connectivity index (χ2n) is 5.68. The summed E-state index contributed by atoms with van der Waals surface area (Å²) in [6.45, 7) is 2.53. The quantitative estimate of drug-likeness (QED) is 0.458. The van der Waals surface area contributed by atoms with Crippen molar-refractivity contribution in [2.24, 2.45) is 5.10 Å². The third-order valence-electron chi connectivity index (χ3n) is 3.71. The Labute approximate surface area is 152 Å². The molecule has 126 valence electrons. The molecule has 0 heterocycles. The molecule has 4 heteroatoms. The van der Waals surface area contributed by atoms with Gasteiger partial charge in [-0.05, 0) is 60.0 Å². The number of hydrogen-bond donors (Lipinski definition) is 1. The van der Waals surface area contributed by atoms with Gasteiger partial charge in [0.15, 0.2) is 0 Å². The van der Waals surface area contributed by atoms with E-state index in [0.717, 1.165) is 33.1 Å². The lowest BCUT2D eigenvalue weighted by molar-refractivity contribution is 0.306. The first-order chi connectivity index (χ1) is 12.2. The predicted molar refractivity (Wildman–Crippen MR) is 105 cm³/mol. The summed E-state index contributed by atoms with van der Waals surface area (Å²) in [6, 6.07) is 23.7. The highest BCUT2D eigenvalue weighted by molar-refractivity contribution is 6.31. The minimum absolute atomic E-state index is 0.560. The van der Waals surface area contributed by atoms with Crippen LogP contribution in [-0.2, 0) is 6.61 Å². The summed E-state index contributed by atoms with van der Waals surface area (Å²) in [7, 11) is 0. The zero-order chi connectivity index (χ0) is 17.5. The van der Waals surface area contributed by atoms with Crippen molar-refractivity contribution >= 4 is 23.5 Å². The average molecular weight is 351 g/mol. The van der Waals surface area contributed by atoms with Gasteiger partial charge in [0.25, 0.3) is 0 Å². The Morgan fingerprint density at radius 2 is 1.76 bits per heavy atom. The van der Waals surface area contributed by atoms with Gasteiger partial charge in [0.2, 0.25) is 0 Å². The zero-order valence-electron chi connectivity index (χ0n) is 13.9. The van der Waals surface area contributed by atoms with Gasteiger partial charge in [-0.15, -0.1) is 0 Å². The van der Waals surface area contributed by atoms with E-state index in [4.69, 9.17) is 16.3 Å². The van der Waals surface area contributed by atoms with Crippen LogP contribution in [0.5, 0.6) is 5.75 Å². The van der Waals surface area contributed by atoms with Gasteiger partial charge >= 0.3 is 0 Å². The van der Waals surface area contributed by atoms with E-state index in [-0.39, 0.29) is 0 Å². The summed E-state index contributed by atoms with van der Waals surface area (Å²) in [6.07, 6.45) is 1.76. The standard InChI is InChI=1S/C21H19ClN2O/c1-16-7-10-19(13-21(16)22)24-23-14-17-8-11-20(12-9-17)25-15-18-5-3-2-4-6-18/h2-14,24H,15H2,1H3/b23-14+. The first-order valence-electron chi connectivity index (χ1n) is 8.03. The predicted octanol–water partition coefficient (Wildman–Crippen LogP) is 5.67. The van der Waals surface area contributed by atoms with Crippen LogP contribution in [0.15, 0.2) is 77.9 Å². The molecule has 0 fully saturated rings. The molecular formula is C21H19ClN2O. The van der Waals surface area contributed by atoms with Crippen molar-refractivity contribution in [3.8, 4) is 5.75 Å². The Kier molecular flexibility index (Phi) is 5.70. The number of rotatable bonds is 6. The van der Waals surface area contributed by atoms with E-state index in [2.05, 4.69) is 10.5 Å². The molecule has 1 N–H and O–H groups in total. The van der Waals surface area contributed by atoms with Crippen molar-refractivity contribution in [3.63, 3.8) is 0 Å². The van der Waals surface area contributed by atoms with Crippen molar-refractivity contribution in [1.29, 1.82) is 0 Å². The maximum Gasteiger partial charge on any atom is 0.119 e. The molecule has 0 aromatic heterocycles. The fourth-order valence-corrected chi connectivity index (χ4v) is 2.42. The first kappa shape index (κ1) is 17.1. The van der Waals surface area contributed by atoms with Crippen LogP contribution in [0.3, 0.4) is 0 Å². The Morgan fingerprint density at radius 3 is 2.48 bits per heavy atom. The Morgan fingerprint density at radius 1 is 1.00 bits per heavy atom. The second kappa shape index (κ2) is 8.36. The smallest absolute Gasteiger partial charge is 0.119 e. The van der Waals surface area contributed by atoms with Gasteiger partial charge in [-0.25, -0.2) is 0 Å². The number of aryl methyl sites for hydroxylation is 1. The monoisotopic (exact) mass is 350 g/mol. The van der Waals surface area contributed by atoms with Gasteiger partial charge < -0.3 is 4.74 Å². The minimum Gasteiger partial charge on any atom is -0.489 e. The molecule has 0 aliphatic heterocycles. The van der Waals surface area contributed by atoms with Crippen LogP contribution in [-0.4, -0.2) is 6.21 Å². The highest BCUT2D eigenvalue weighted by Gasteiger charge is 1.97. The topological polar surface area (TPSA) is 33.6 Å². The fraction of sp³-hybridized carbons (Fsp3) is 0.0952. The average Bonchev–Trinajstić information content (AvgIpc) is 2.65. The number of hydrogen-bond acceptors (Lipinski definition) is 3. The van der Waals surface area contributed by atoms with Gasteiger partial charge in [-0.1, -0.05) is 48.0 Å². The largest absolute Gasteiger partial charge is 0.489 e. The van der Waals surface area contributed by atoms with Crippen molar-refractivity contribution < 1.29 is 4.74 Å². The Balaban J connectivity index is 1.54. The van der Waals surface area contributed by atoms with Crippen LogP contribution in [0, 0.1) is 6.92 Å². The summed E-state index contributed by atoms with van der Waals surface area (Å²) in [5.41, 5.74) is 7.01. The molecule has 3 rings (SSSR count). The van der Waals surface area contributed by atoms with Crippen LogP contribution in [0.25, 0.3) is 0 Å². The van der Waals surface area contributed by atoms with Crippen molar-refractivity contribution in [2.75, 3.05) is 5.43 Å². The summed E-state index contributed by atoms with van der Waals surface area (Å²) in [5.74, 6) is 0.833. The molecule has 0 bridgehead atoms. The van der Waals surface area contributed by atoms with Crippen molar-refractivity contribution in [1.82, 2.24) is 0 Å². The maximum atomic E-state index is 6.10. The van der Waals surface area contributed by atoms with E-state index in [1.54, 1.807) is 6.21 Å². The minimum atomic E-state index is 0.560. The van der Waals surface area contributed by atoms with E-state index in [1.807, 2.05) is 79.7 Å². The molecule has 0 saturated heterocycles. The summed E-state index contributed by atoms with van der Waals surface area (Å²) in [4.78, 5) is 0. The molecule has 0 aliphatic carbocycles. The van der Waals surface area contributed by atoms with E-state index < -0.39 is 0 Å². The van der Waals surface area contributed by atoms with Crippen LogP contribution < -0.4 is 10.2 Å². The Hall–Kier alpha value is -2.78. The normalized spacial score (nSPS) is 10.8. The lowest BCUT2D eigenvalue weighted by Gasteiger charge is -2.06. The number of nitrogens with zero attached hydrogens (tertiary/aromatic N) is 1. The molecule has 0 saturated carbocycles. The molecule has 3 aromatic carbocycles. The molecule has 25 heavy (non-hydrogen) atoms. The van der Waals surface area contributed by atoms with E-state index in [1.165, 1.54) is 0 Å². The number of benzene rings is 3. The fourth-order valence-electron chi connectivity index (χ4n) is 2.23. The number of ether oxygens (including phenoxy) is 1. The third-order valence-corrected chi connectivity index (χ3v) is 4.11. The second-order valence-corrected chi connectivity index (χ2v) is 6.08. The van der Waals surface area contributed by atoms with Crippen molar-refractivity contribution in [3.05, 3.63) is 94.5 Å². The third kappa shape index (κ3) is 5.10. The molecule has 0 atom stereocenters. The summed E-state index contributed by atoms with van der Waals surface area (Å²) >= 11 is 6.10. The summed E-state index contributed by atoms with van der Waals surface area (Å²) in [5, 5.41) is 4.95. The van der Waals surface area contributed by atoms with Crippen molar-refractivity contribution in [2.45, 2.75) is 13.5 Å². The highest BCUT2D eigenvalue weighted by atomic mass is 35.5. The van der Waals surface area contributed by atoms with Gasteiger partial charge in [0, 0.05) is 5.02 Å². The van der Waals surface area contributed by atoms with Crippen LogP contribution >= 0.6 is 11.6 Å². The maximum absolute atomic E-state index is 6.10. The molecule has 0 radical (unpaired) electrons. The van der Waals surface area contributed by atoms with Crippen LogP contribution in [0.2, 0.25) is 5.02 Å². The number of anilines is 1. The number of nitrogens with one attached hydrogen (secondary N) is 1. The molecular weight excluding hydrogens is 332 g/mol. The van der Waals surface area contributed by atoms with Crippen LogP contribution in [0.4, 0.5) is 5.69 Å². The Bertz CT molecular complexity index is 846. The van der Waals surface area contributed by atoms with Gasteiger partial charge in [0.05, 0.1) is 11.9 Å². The summed E-state index contributed by atoms with van der Waals surface area (Å²) < 4.78 is 5.77. The molecule has 0 unspecified atom stereocenters.